The molecule has 7 nitrogen and oxygen atoms in total. The molecule has 0 unspecified atom stereocenters. The van der Waals surface area contributed by atoms with E-state index in [0.717, 1.165) is 13.1 Å². The molecule has 0 radical (unpaired) electrons. The van der Waals surface area contributed by atoms with Crippen molar-refractivity contribution in [3.8, 4) is 0 Å². The largest absolute Gasteiger partial charge is 0.481 e. The molecule has 0 amide bonds. The Balaban J connectivity index is 0.000000387. The highest BCUT2D eigenvalue weighted by Gasteiger charge is 2.18. The van der Waals surface area contributed by atoms with Crippen molar-refractivity contribution in [1.29, 1.82) is 0 Å². The van der Waals surface area contributed by atoms with Gasteiger partial charge in [-0.2, -0.15) is 0 Å². The van der Waals surface area contributed by atoms with Crippen LogP contribution < -0.4 is 11.1 Å². The van der Waals surface area contributed by atoms with Gasteiger partial charge in [-0.1, -0.05) is 47.7 Å². The van der Waals surface area contributed by atoms with Gasteiger partial charge < -0.3 is 26.7 Å². The summed E-state index contributed by atoms with van der Waals surface area (Å²) >= 11 is 1.90. The van der Waals surface area contributed by atoms with Crippen LogP contribution in [0.2, 0.25) is 0 Å². The fourth-order valence-electron chi connectivity index (χ4n) is 3.05. The summed E-state index contributed by atoms with van der Waals surface area (Å²) in [5.41, 5.74) is 7.68. The Labute approximate surface area is 181 Å². The van der Waals surface area contributed by atoms with Crippen LogP contribution in [-0.4, -0.2) is 46.8 Å². The van der Waals surface area contributed by atoms with Gasteiger partial charge in [-0.05, 0) is 62.5 Å². The first kappa shape index (κ1) is 25.6. The van der Waals surface area contributed by atoms with Gasteiger partial charge in [-0.25, -0.2) is 0 Å². The number of aryl methyl sites for hydroxylation is 1. The van der Waals surface area contributed by atoms with Gasteiger partial charge in [0.15, 0.2) is 0 Å². The van der Waals surface area contributed by atoms with E-state index in [4.69, 9.17) is 15.9 Å². The summed E-state index contributed by atoms with van der Waals surface area (Å²) in [6, 6.07) is 16.4. The van der Waals surface area contributed by atoms with E-state index in [0.29, 0.717) is 5.92 Å². The maximum atomic E-state index is 9.85. The first-order valence-electron chi connectivity index (χ1n) is 9.61. The normalized spacial score (nSPS) is 14.6. The molecule has 7 N–H and O–H groups in total. The predicted octanol–water partition coefficient (Wildman–Crippen LogP) is 2.66. The standard InChI is InChI=1S/C18H21NS.C4H7NO4.H2O/c1-14-6-8-16(9-7-14)20-18-5-3-2-4-17(18)15-10-12-19-13-11-15;5-2(4(8)9)1-3(6)7;/h2-9,15,19H,10-13H2,1H3;2H,1,5H2,(H,6,7)(H,8,9);1H2/t;2-;/m.0./s1. The maximum absolute atomic E-state index is 9.85. The summed E-state index contributed by atoms with van der Waals surface area (Å²) in [7, 11) is 0. The molecule has 1 heterocycles. The summed E-state index contributed by atoms with van der Waals surface area (Å²) in [5.74, 6) is -1.78. The van der Waals surface area contributed by atoms with E-state index in [-0.39, 0.29) is 5.48 Å². The molecule has 1 fully saturated rings. The van der Waals surface area contributed by atoms with Crippen molar-refractivity contribution in [2.45, 2.75) is 47.9 Å². The number of piperidine rings is 1. The second-order valence-electron chi connectivity index (χ2n) is 7.02. The highest BCUT2D eigenvalue weighted by Crippen LogP contribution is 2.36. The minimum atomic E-state index is -1.29. The number of nitrogens with two attached hydrogens (primary N) is 1. The Morgan fingerprint density at radius 1 is 1.10 bits per heavy atom. The van der Waals surface area contributed by atoms with Crippen molar-refractivity contribution < 1.29 is 25.3 Å². The summed E-state index contributed by atoms with van der Waals surface area (Å²) in [6.45, 7) is 4.43. The first-order chi connectivity index (χ1) is 13.9. The highest BCUT2D eigenvalue weighted by molar-refractivity contribution is 7.99. The fraction of sp³-hybridized carbons (Fsp3) is 0.364. The number of hydrogen-bond donors (Lipinski definition) is 4. The van der Waals surface area contributed by atoms with Gasteiger partial charge in [0.2, 0.25) is 0 Å². The average molecular weight is 435 g/mol. The van der Waals surface area contributed by atoms with Gasteiger partial charge in [-0.15, -0.1) is 0 Å². The molecule has 0 aliphatic carbocycles. The second kappa shape index (κ2) is 13.0. The molecule has 1 aliphatic rings. The van der Waals surface area contributed by atoms with Crippen LogP contribution in [0.15, 0.2) is 58.3 Å². The van der Waals surface area contributed by atoms with Crippen molar-refractivity contribution in [3.63, 3.8) is 0 Å². The van der Waals surface area contributed by atoms with E-state index in [1.165, 1.54) is 33.8 Å². The summed E-state index contributed by atoms with van der Waals surface area (Å²) in [5, 5.41) is 19.5. The van der Waals surface area contributed by atoms with Crippen LogP contribution in [-0.2, 0) is 9.59 Å². The smallest absolute Gasteiger partial charge is 0.321 e. The monoisotopic (exact) mass is 434 g/mol. The number of carbonyl (C=O) groups is 2. The van der Waals surface area contributed by atoms with Crippen molar-refractivity contribution in [3.05, 3.63) is 59.7 Å². The lowest BCUT2D eigenvalue weighted by Crippen LogP contribution is -2.32. The van der Waals surface area contributed by atoms with Crippen molar-refractivity contribution in [2.24, 2.45) is 5.73 Å². The van der Waals surface area contributed by atoms with Gasteiger partial charge in [0.25, 0.3) is 0 Å². The van der Waals surface area contributed by atoms with Crippen LogP contribution in [0.4, 0.5) is 0 Å². The van der Waals surface area contributed by atoms with Gasteiger partial charge in [0, 0.05) is 9.79 Å². The molecule has 2 aromatic rings. The Bertz CT molecular complexity index is 807. The van der Waals surface area contributed by atoms with Gasteiger partial charge in [-0.3, -0.25) is 9.59 Å². The van der Waals surface area contributed by atoms with E-state index in [9.17, 15) is 9.59 Å². The highest BCUT2D eigenvalue weighted by atomic mass is 32.2. The summed E-state index contributed by atoms with van der Waals surface area (Å²) in [6.07, 6.45) is 1.98. The summed E-state index contributed by atoms with van der Waals surface area (Å²) < 4.78 is 0. The molecule has 0 spiro atoms. The molecule has 1 atom stereocenters. The molecule has 164 valence electrons. The fourth-order valence-corrected chi connectivity index (χ4v) is 4.08. The third-order valence-corrected chi connectivity index (χ3v) is 5.76. The molecular weight excluding hydrogens is 404 g/mol. The van der Waals surface area contributed by atoms with Crippen LogP contribution >= 0.6 is 11.8 Å². The van der Waals surface area contributed by atoms with Crippen LogP contribution in [0.5, 0.6) is 0 Å². The van der Waals surface area contributed by atoms with Crippen molar-refractivity contribution >= 4 is 23.7 Å². The minimum absolute atomic E-state index is 0. The topological polar surface area (TPSA) is 144 Å². The number of nitrogens with one attached hydrogen (secondary N) is 1. The van der Waals surface area contributed by atoms with Crippen LogP contribution in [0.1, 0.15) is 36.3 Å². The number of hydrogen-bond acceptors (Lipinski definition) is 5. The van der Waals surface area contributed by atoms with Crippen molar-refractivity contribution in [1.82, 2.24) is 5.32 Å². The maximum Gasteiger partial charge on any atom is 0.321 e. The molecule has 2 aromatic carbocycles. The lowest BCUT2D eigenvalue weighted by molar-refractivity contribution is -0.144. The summed E-state index contributed by atoms with van der Waals surface area (Å²) in [4.78, 5) is 22.4. The van der Waals surface area contributed by atoms with Gasteiger partial charge in [0.05, 0.1) is 6.42 Å². The number of aliphatic carboxylic acids is 2. The molecule has 1 aliphatic heterocycles. The van der Waals surface area contributed by atoms with E-state index in [2.05, 4.69) is 60.8 Å². The molecule has 0 saturated carbocycles. The second-order valence-corrected chi connectivity index (χ2v) is 8.14. The minimum Gasteiger partial charge on any atom is -0.481 e. The first-order valence-corrected chi connectivity index (χ1v) is 10.4. The van der Waals surface area contributed by atoms with E-state index in [1.807, 2.05) is 11.8 Å². The molecule has 3 rings (SSSR count). The lowest BCUT2D eigenvalue weighted by Gasteiger charge is -2.24. The molecule has 30 heavy (non-hydrogen) atoms. The van der Waals surface area contributed by atoms with Crippen molar-refractivity contribution in [2.75, 3.05) is 13.1 Å². The van der Waals surface area contributed by atoms with Crippen LogP contribution in [0.3, 0.4) is 0 Å². The van der Waals surface area contributed by atoms with E-state index in [1.54, 1.807) is 0 Å². The number of carboxylic acid groups (broad SMARTS) is 2. The predicted molar refractivity (Wildman–Crippen MR) is 118 cm³/mol. The van der Waals surface area contributed by atoms with Gasteiger partial charge in [0.1, 0.15) is 6.04 Å². The zero-order valence-corrected chi connectivity index (χ0v) is 17.8. The number of benzene rings is 2. The Morgan fingerprint density at radius 2 is 1.70 bits per heavy atom. The molecular formula is C22H30N2O5S. The third-order valence-electron chi connectivity index (χ3n) is 4.66. The van der Waals surface area contributed by atoms with Crippen LogP contribution in [0, 0.1) is 6.92 Å². The van der Waals surface area contributed by atoms with Gasteiger partial charge >= 0.3 is 11.9 Å². The Morgan fingerprint density at radius 3 is 2.23 bits per heavy atom. The lowest BCUT2D eigenvalue weighted by atomic mass is 9.90. The molecule has 0 aromatic heterocycles. The zero-order chi connectivity index (χ0) is 21.2. The number of rotatable bonds is 6. The average Bonchev–Trinajstić information content (AvgIpc) is 2.71. The third kappa shape index (κ3) is 8.54. The zero-order valence-electron chi connectivity index (χ0n) is 17.0. The molecule has 8 heteroatoms. The Kier molecular flexibility index (Phi) is 11.1. The van der Waals surface area contributed by atoms with Crippen LogP contribution in [0.25, 0.3) is 0 Å². The van der Waals surface area contributed by atoms with E-state index < -0.39 is 24.4 Å². The quantitative estimate of drug-likeness (QED) is 0.547. The Hall–Kier alpha value is -2.39. The molecule has 1 saturated heterocycles. The molecule has 0 bridgehead atoms. The van der Waals surface area contributed by atoms with E-state index >= 15 is 0 Å². The SMILES string of the molecule is Cc1ccc(Sc2ccccc2C2CCNCC2)cc1.N[C@@H](CC(=O)O)C(=O)O.O. The number of carboxylic acids is 2.